The smallest absolute Gasteiger partial charge is 0.267 e. The molecule has 0 atom stereocenters. The highest BCUT2D eigenvalue weighted by Gasteiger charge is 1.96. The first-order valence-corrected chi connectivity index (χ1v) is 3.94. The van der Waals surface area contributed by atoms with Gasteiger partial charge in [-0.25, -0.2) is 9.97 Å². The first-order chi connectivity index (χ1) is 5.38. The highest BCUT2D eigenvalue weighted by molar-refractivity contribution is 7.15. The van der Waals surface area contributed by atoms with E-state index < -0.39 is 0 Å². The van der Waals surface area contributed by atoms with E-state index >= 15 is 0 Å². The second-order valence-corrected chi connectivity index (χ2v) is 2.85. The monoisotopic (exact) mass is 164 g/mol. The summed E-state index contributed by atoms with van der Waals surface area (Å²) in [4.78, 5) is 19.4. The maximum atomic E-state index is 11.0. The number of hydrogen-bond donors (Lipinski definition) is 0. The van der Waals surface area contributed by atoms with E-state index in [1.165, 1.54) is 16.8 Å². The molecule has 2 heterocycles. The van der Waals surface area contributed by atoms with Crippen LogP contribution in [0.15, 0.2) is 28.6 Å². The van der Waals surface area contributed by atoms with Crippen molar-refractivity contribution in [3.05, 3.63) is 34.2 Å². The number of aromatic nitrogens is 2. The van der Waals surface area contributed by atoms with Crippen LogP contribution in [0.2, 0.25) is 0 Å². The van der Waals surface area contributed by atoms with Gasteiger partial charge in [-0.1, -0.05) is 0 Å². The Hall–Kier alpha value is -1.29. The first kappa shape index (κ1) is 6.42. The lowest BCUT2D eigenvalue weighted by atomic mass is 10.4. The Morgan fingerprint density at radius 1 is 1.36 bits per heavy atom. The largest absolute Gasteiger partial charge is 0.280 e. The summed E-state index contributed by atoms with van der Waals surface area (Å²) in [6, 6.07) is 3.46. The molecule has 0 saturated carbocycles. The summed E-state index contributed by atoms with van der Waals surface area (Å²) in [5.41, 5.74) is 1.31. The third kappa shape index (κ3) is 1.01. The normalized spacial score (nSPS) is 10.2. The molecule has 3 nitrogen and oxygen atoms in total. The molecule has 0 radical (unpaired) electrons. The standard InChI is InChI=1S/C7H4N2OS/c10-6-5-2-1-3-8-7(5)11-4-9-6/h1-4H. The van der Waals surface area contributed by atoms with E-state index in [4.69, 9.17) is 0 Å². The van der Waals surface area contributed by atoms with Crippen molar-refractivity contribution in [2.75, 3.05) is 0 Å². The zero-order valence-electron chi connectivity index (χ0n) is 5.52. The van der Waals surface area contributed by atoms with Crippen molar-refractivity contribution in [2.24, 2.45) is 0 Å². The van der Waals surface area contributed by atoms with Crippen LogP contribution >= 0.6 is 11.3 Å². The van der Waals surface area contributed by atoms with Gasteiger partial charge in [-0.05, 0) is 12.1 Å². The molecule has 0 N–H and O–H groups in total. The molecule has 0 aliphatic rings. The van der Waals surface area contributed by atoms with Crippen LogP contribution in [-0.4, -0.2) is 9.97 Å². The Labute approximate surface area is 66.4 Å². The fraction of sp³-hybridized carbons (Fsp3) is 0. The second-order valence-electron chi connectivity index (χ2n) is 2.01. The molecule has 0 aliphatic carbocycles. The Kier molecular flexibility index (Phi) is 1.40. The number of rotatable bonds is 0. The molecule has 54 valence electrons. The van der Waals surface area contributed by atoms with Crippen LogP contribution in [0.5, 0.6) is 0 Å². The van der Waals surface area contributed by atoms with Gasteiger partial charge >= 0.3 is 0 Å². The molecule has 0 saturated heterocycles. The second kappa shape index (κ2) is 2.39. The van der Waals surface area contributed by atoms with Crippen molar-refractivity contribution >= 4 is 21.6 Å². The summed E-state index contributed by atoms with van der Waals surface area (Å²) >= 11 is 1.37. The van der Waals surface area contributed by atoms with Crippen LogP contribution in [0.1, 0.15) is 0 Å². The predicted octanol–water partition coefficient (Wildman–Crippen LogP) is 1.05. The van der Waals surface area contributed by atoms with E-state index in [0.29, 0.717) is 5.39 Å². The Morgan fingerprint density at radius 3 is 3.09 bits per heavy atom. The highest BCUT2D eigenvalue weighted by atomic mass is 32.1. The average Bonchev–Trinajstić information content (AvgIpc) is 2.06. The molecule has 2 aromatic heterocycles. The topological polar surface area (TPSA) is 42.9 Å². The lowest BCUT2D eigenvalue weighted by Gasteiger charge is -1.89. The lowest BCUT2D eigenvalue weighted by molar-refractivity contribution is 1.30. The summed E-state index contributed by atoms with van der Waals surface area (Å²) < 4.78 is 0. The van der Waals surface area contributed by atoms with Crippen LogP contribution in [0, 0.1) is 0 Å². The van der Waals surface area contributed by atoms with E-state index in [0.717, 1.165) is 4.83 Å². The molecule has 0 aromatic carbocycles. The van der Waals surface area contributed by atoms with Crippen LogP contribution in [0.3, 0.4) is 0 Å². The maximum Gasteiger partial charge on any atom is 0.280 e. The van der Waals surface area contributed by atoms with Gasteiger partial charge in [-0.15, -0.1) is 11.3 Å². The van der Waals surface area contributed by atoms with E-state index in [-0.39, 0.29) is 5.56 Å². The minimum Gasteiger partial charge on any atom is -0.267 e. The number of fused-ring (bicyclic) bond motifs is 1. The molecule has 0 spiro atoms. The molecule has 0 amide bonds. The Morgan fingerprint density at radius 2 is 2.27 bits per heavy atom. The first-order valence-electron chi connectivity index (χ1n) is 3.06. The van der Waals surface area contributed by atoms with Crippen LogP contribution in [-0.2, 0) is 0 Å². The van der Waals surface area contributed by atoms with Gasteiger partial charge in [0.25, 0.3) is 5.56 Å². The highest BCUT2D eigenvalue weighted by Crippen LogP contribution is 2.08. The van der Waals surface area contributed by atoms with Crippen molar-refractivity contribution in [3.63, 3.8) is 0 Å². The number of hydrogen-bond acceptors (Lipinski definition) is 4. The summed E-state index contributed by atoms with van der Waals surface area (Å²) in [7, 11) is 0. The molecule has 2 aromatic rings. The Balaban J connectivity index is 3.03. The van der Waals surface area contributed by atoms with Crippen molar-refractivity contribution < 1.29 is 0 Å². The summed E-state index contributed by atoms with van der Waals surface area (Å²) in [6.07, 6.45) is 1.66. The molecular weight excluding hydrogens is 160 g/mol. The molecular formula is C7H4N2OS. The van der Waals surface area contributed by atoms with Crippen molar-refractivity contribution in [1.82, 2.24) is 9.97 Å². The van der Waals surface area contributed by atoms with Crippen LogP contribution in [0.25, 0.3) is 10.2 Å². The lowest BCUT2D eigenvalue weighted by Crippen LogP contribution is -2.03. The van der Waals surface area contributed by atoms with Gasteiger partial charge in [0, 0.05) is 6.20 Å². The molecule has 11 heavy (non-hydrogen) atoms. The minimum atomic E-state index is -0.202. The summed E-state index contributed by atoms with van der Waals surface area (Å²) in [5, 5.41) is 0.597. The summed E-state index contributed by atoms with van der Waals surface area (Å²) in [6.45, 7) is 0. The molecule has 0 aliphatic heterocycles. The fourth-order valence-corrected chi connectivity index (χ4v) is 1.49. The van der Waals surface area contributed by atoms with Gasteiger partial charge in [0.05, 0.1) is 10.9 Å². The van der Waals surface area contributed by atoms with Crippen LogP contribution < -0.4 is 5.56 Å². The van der Waals surface area contributed by atoms with Gasteiger partial charge in [-0.2, -0.15) is 0 Å². The summed E-state index contributed by atoms with van der Waals surface area (Å²) in [5.74, 6) is 0. The van der Waals surface area contributed by atoms with Gasteiger partial charge in [0.1, 0.15) is 4.83 Å². The van der Waals surface area contributed by atoms with Gasteiger partial charge < -0.3 is 0 Å². The quantitative estimate of drug-likeness (QED) is 0.584. The fourth-order valence-electron chi connectivity index (χ4n) is 0.841. The minimum absolute atomic E-state index is 0.202. The third-order valence-electron chi connectivity index (χ3n) is 1.34. The molecule has 2 rings (SSSR count). The molecule has 0 bridgehead atoms. The molecule has 0 fully saturated rings. The van der Waals surface area contributed by atoms with E-state index in [1.807, 2.05) is 0 Å². The van der Waals surface area contributed by atoms with Crippen molar-refractivity contribution in [3.8, 4) is 0 Å². The zero-order chi connectivity index (χ0) is 7.68. The average molecular weight is 164 g/mol. The van der Waals surface area contributed by atoms with Gasteiger partial charge in [0.15, 0.2) is 0 Å². The molecule has 4 heteroatoms. The van der Waals surface area contributed by atoms with Gasteiger partial charge in [-0.3, -0.25) is 4.79 Å². The van der Waals surface area contributed by atoms with Crippen molar-refractivity contribution in [1.29, 1.82) is 0 Å². The Bertz CT molecular complexity index is 432. The van der Waals surface area contributed by atoms with E-state index in [1.54, 1.807) is 18.3 Å². The SMILES string of the molecule is O=c1ncsc2ncccc12. The van der Waals surface area contributed by atoms with E-state index in [2.05, 4.69) is 9.97 Å². The maximum absolute atomic E-state index is 11.0. The third-order valence-corrected chi connectivity index (χ3v) is 2.10. The van der Waals surface area contributed by atoms with E-state index in [9.17, 15) is 4.79 Å². The zero-order valence-corrected chi connectivity index (χ0v) is 6.34. The van der Waals surface area contributed by atoms with Gasteiger partial charge in [0.2, 0.25) is 0 Å². The predicted molar refractivity (Wildman–Crippen MR) is 43.7 cm³/mol. The number of nitrogens with zero attached hydrogens (tertiary/aromatic N) is 2. The number of pyridine rings is 1. The molecule has 0 unspecified atom stereocenters. The van der Waals surface area contributed by atoms with Crippen LogP contribution in [0.4, 0.5) is 0 Å². The van der Waals surface area contributed by atoms with Crippen molar-refractivity contribution in [2.45, 2.75) is 0 Å².